The molecule has 0 aliphatic rings. The van der Waals surface area contributed by atoms with E-state index >= 15 is 0 Å². The molecule has 0 saturated heterocycles. The Morgan fingerprint density at radius 2 is 0.917 bits per heavy atom. The molecule has 0 heterocycles. The molecule has 0 aromatic heterocycles. The van der Waals surface area contributed by atoms with Crippen molar-refractivity contribution in [2.45, 2.75) is 6.54 Å². The average Bonchev–Trinajstić information content (AvgIpc) is 3.17. The van der Waals surface area contributed by atoms with Crippen molar-refractivity contribution < 1.29 is 0 Å². The Morgan fingerprint density at radius 1 is 0.417 bits per heavy atom. The molecule has 0 saturated carbocycles. The second kappa shape index (κ2) is 12.9. The molecule has 0 bridgehead atoms. The third-order valence-corrected chi connectivity index (χ3v) is 9.19. The standard InChI is InChI=1S/C46H34N2/c1-47-43-23-13-14-24-44(43)48(38-19-9-4-10-20-38)32-33-25-27-34(28-26-33)37-29-30-41-42(31-37)46(36-17-7-3-8-18-36)40-22-12-11-21-39(40)45(41)35-15-5-2-6-16-35/h2-31H,1,32H2. The smallest absolute Gasteiger partial charge is 0.0859 e. The number of para-hydroxylation sites is 3. The second-order valence-corrected chi connectivity index (χ2v) is 12.1. The number of rotatable bonds is 8. The van der Waals surface area contributed by atoms with E-state index in [1.54, 1.807) is 0 Å². The lowest BCUT2D eigenvalue weighted by atomic mass is 9.85. The van der Waals surface area contributed by atoms with Crippen molar-refractivity contribution in [3.63, 3.8) is 0 Å². The van der Waals surface area contributed by atoms with Gasteiger partial charge in [-0.25, -0.2) is 0 Å². The number of aliphatic imine (C=N–C) groups is 1. The van der Waals surface area contributed by atoms with E-state index < -0.39 is 0 Å². The summed E-state index contributed by atoms with van der Waals surface area (Å²) in [4.78, 5) is 6.62. The monoisotopic (exact) mass is 614 g/mol. The van der Waals surface area contributed by atoms with Gasteiger partial charge in [-0.1, -0.05) is 152 Å². The van der Waals surface area contributed by atoms with Crippen LogP contribution in [0.25, 0.3) is 54.9 Å². The van der Waals surface area contributed by atoms with Crippen LogP contribution in [0.15, 0.2) is 187 Å². The first-order valence-electron chi connectivity index (χ1n) is 16.4. The van der Waals surface area contributed by atoms with Gasteiger partial charge in [0.1, 0.15) is 0 Å². The average molecular weight is 615 g/mol. The van der Waals surface area contributed by atoms with Crippen LogP contribution in [0, 0.1) is 0 Å². The first kappa shape index (κ1) is 29.2. The van der Waals surface area contributed by atoms with Crippen LogP contribution in [0.2, 0.25) is 0 Å². The zero-order chi connectivity index (χ0) is 32.3. The molecule has 0 atom stereocenters. The lowest BCUT2D eigenvalue weighted by Crippen LogP contribution is -2.16. The van der Waals surface area contributed by atoms with Gasteiger partial charge in [-0.05, 0) is 97.5 Å². The summed E-state index contributed by atoms with van der Waals surface area (Å²) in [5.41, 5.74) is 11.6. The van der Waals surface area contributed by atoms with Gasteiger partial charge in [0.25, 0.3) is 0 Å². The van der Waals surface area contributed by atoms with Crippen molar-refractivity contribution in [3.05, 3.63) is 188 Å². The van der Waals surface area contributed by atoms with Crippen molar-refractivity contribution in [2.75, 3.05) is 4.90 Å². The lowest BCUT2D eigenvalue weighted by molar-refractivity contribution is 0.975. The van der Waals surface area contributed by atoms with E-state index in [2.05, 4.69) is 180 Å². The molecule has 0 aliphatic heterocycles. The van der Waals surface area contributed by atoms with Crippen LogP contribution in [-0.4, -0.2) is 6.72 Å². The molecular formula is C46H34N2. The number of hydrogen-bond acceptors (Lipinski definition) is 2. The highest BCUT2D eigenvalue weighted by atomic mass is 15.1. The summed E-state index contributed by atoms with van der Waals surface area (Å²) < 4.78 is 0. The first-order valence-corrected chi connectivity index (χ1v) is 16.4. The Labute approximate surface area is 281 Å². The molecule has 8 aromatic rings. The van der Waals surface area contributed by atoms with E-state index in [1.165, 1.54) is 60.5 Å². The number of benzene rings is 8. The summed E-state index contributed by atoms with van der Waals surface area (Å²) in [5, 5.41) is 5.04. The largest absolute Gasteiger partial charge is 0.335 e. The molecule has 2 nitrogen and oxygen atoms in total. The van der Waals surface area contributed by atoms with Crippen LogP contribution in [-0.2, 0) is 6.54 Å². The maximum atomic E-state index is 4.32. The molecule has 0 unspecified atom stereocenters. The van der Waals surface area contributed by atoms with Crippen molar-refractivity contribution in [1.29, 1.82) is 0 Å². The minimum atomic E-state index is 0.707. The molecule has 0 aliphatic carbocycles. The molecular weight excluding hydrogens is 581 g/mol. The topological polar surface area (TPSA) is 15.6 Å². The van der Waals surface area contributed by atoms with E-state index in [0.717, 1.165) is 17.1 Å². The molecule has 0 N–H and O–H groups in total. The SMILES string of the molecule is C=Nc1ccccc1N(Cc1ccc(-c2ccc3c(-c4ccccc4)c4ccccc4c(-c4ccccc4)c3c2)cc1)c1ccccc1. The first-order chi connectivity index (χ1) is 23.8. The maximum Gasteiger partial charge on any atom is 0.0859 e. The molecule has 0 amide bonds. The van der Waals surface area contributed by atoms with Gasteiger partial charge in [-0.3, -0.25) is 4.99 Å². The van der Waals surface area contributed by atoms with Crippen molar-refractivity contribution in [1.82, 2.24) is 0 Å². The summed E-state index contributed by atoms with van der Waals surface area (Å²) in [7, 11) is 0. The van der Waals surface area contributed by atoms with Crippen LogP contribution in [0.5, 0.6) is 0 Å². The Bertz CT molecular complexity index is 2360. The maximum absolute atomic E-state index is 4.32. The Morgan fingerprint density at radius 3 is 1.54 bits per heavy atom. The molecule has 8 rings (SSSR count). The van der Waals surface area contributed by atoms with Crippen LogP contribution < -0.4 is 4.90 Å². The van der Waals surface area contributed by atoms with Crippen LogP contribution in [0.4, 0.5) is 17.1 Å². The van der Waals surface area contributed by atoms with Crippen LogP contribution >= 0.6 is 0 Å². The van der Waals surface area contributed by atoms with Gasteiger partial charge in [0.15, 0.2) is 0 Å². The van der Waals surface area contributed by atoms with E-state index in [-0.39, 0.29) is 0 Å². The fourth-order valence-electron chi connectivity index (χ4n) is 6.92. The molecule has 0 fully saturated rings. The van der Waals surface area contributed by atoms with Gasteiger partial charge >= 0.3 is 0 Å². The minimum Gasteiger partial charge on any atom is -0.335 e. The molecule has 228 valence electrons. The highest BCUT2D eigenvalue weighted by Gasteiger charge is 2.18. The lowest BCUT2D eigenvalue weighted by Gasteiger charge is -2.26. The van der Waals surface area contributed by atoms with E-state index in [9.17, 15) is 0 Å². The van der Waals surface area contributed by atoms with Crippen LogP contribution in [0.1, 0.15) is 5.56 Å². The van der Waals surface area contributed by atoms with Crippen molar-refractivity contribution >= 4 is 45.3 Å². The van der Waals surface area contributed by atoms with Gasteiger partial charge in [-0.15, -0.1) is 0 Å². The zero-order valence-electron chi connectivity index (χ0n) is 26.6. The number of fused-ring (bicyclic) bond motifs is 2. The molecule has 2 heteroatoms. The van der Waals surface area contributed by atoms with Gasteiger partial charge in [0.2, 0.25) is 0 Å². The number of anilines is 2. The fourth-order valence-corrected chi connectivity index (χ4v) is 6.92. The van der Waals surface area contributed by atoms with Crippen molar-refractivity contribution in [2.24, 2.45) is 4.99 Å². The van der Waals surface area contributed by atoms with E-state index in [4.69, 9.17) is 0 Å². The summed E-state index contributed by atoms with van der Waals surface area (Å²) >= 11 is 0. The Balaban J connectivity index is 1.24. The van der Waals surface area contributed by atoms with Gasteiger partial charge < -0.3 is 4.90 Å². The predicted octanol–water partition coefficient (Wildman–Crippen LogP) is 12.7. The second-order valence-electron chi connectivity index (χ2n) is 12.1. The number of hydrogen-bond donors (Lipinski definition) is 0. The van der Waals surface area contributed by atoms with Gasteiger partial charge in [0.05, 0.1) is 11.4 Å². The minimum absolute atomic E-state index is 0.707. The molecule has 0 spiro atoms. The summed E-state index contributed by atoms with van der Waals surface area (Å²) in [6.07, 6.45) is 0. The highest BCUT2D eigenvalue weighted by Crippen LogP contribution is 2.45. The normalized spacial score (nSPS) is 11.1. The van der Waals surface area contributed by atoms with Crippen LogP contribution in [0.3, 0.4) is 0 Å². The quantitative estimate of drug-likeness (QED) is 0.123. The Kier molecular flexibility index (Phi) is 7.82. The fraction of sp³-hybridized carbons (Fsp3) is 0.0217. The molecule has 8 aromatic carbocycles. The molecule has 0 radical (unpaired) electrons. The number of nitrogens with zero attached hydrogens (tertiary/aromatic N) is 2. The van der Waals surface area contributed by atoms with Gasteiger partial charge in [0, 0.05) is 12.2 Å². The summed E-state index contributed by atoms with van der Waals surface area (Å²) in [6.45, 7) is 4.54. The van der Waals surface area contributed by atoms with Crippen molar-refractivity contribution in [3.8, 4) is 33.4 Å². The summed E-state index contributed by atoms with van der Waals surface area (Å²) in [5.74, 6) is 0. The summed E-state index contributed by atoms with van der Waals surface area (Å²) in [6, 6.07) is 65.0. The highest BCUT2D eigenvalue weighted by molar-refractivity contribution is 6.21. The third-order valence-electron chi connectivity index (χ3n) is 9.19. The van der Waals surface area contributed by atoms with E-state index in [0.29, 0.717) is 6.54 Å². The predicted molar refractivity (Wildman–Crippen MR) is 206 cm³/mol. The van der Waals surface area contributed by atoms with E-state index in [1.807, 2.05) is 18.2 Å². The zero-order valence-corrected chi connectivity index (χ0v) is 26.6. The Hall–Kier alpha value is -6.25. The molecule has 48 heavy (non-hydrogen) atoms. The van der Waals surface area contributed by atoms with Gasteiger partial charge in [-0.2, -0.15) is 0 Å². The third kappa shape index (κ3) is 5.44.